The first-order valence-corrected chi connectivity index (χ1v) is 10.9. The van der Waals surface area contributed by atoms with E-state index >= 15 is 0 Å². The SMILES string of the molecule is CC(C)(C)OC(=O)N1C(C(=O)OCC(=O)c2ccc3cc(Br)ccc3n2)CC2C=CC21. The lowest BCUT2D eigenvalue weighted by atomic mass is 9.89. The van der Waals surface area contributed by atoms with Crippen LogP contribution >= 0.6 is 15.9 Å². The van der Waals surface area contributed by atoms with Crippen LogP contribution in [0.1, 0.15) is 37.7 Å². The number of hydrogen-bond donors (Lipinski definition) is 0. The first kappa shape index (κ1) is 21.5. The fourth-order valence-corrected chi connectivity index (χ4v) is 4.17. The van der Waals surface area contributed by atoms with Crippen LogP contribution in [0.25, 0.3) is 10.9 Å². The Morgan fingerprint density at radius 2 is 1.94 bits per heavy atom. The molecule has 1 aromatic heterocycles. The second kappa shape index (κ2) is 8.07. The van der Waals surface area contributed by atoms with Crippen molar-refractivity contribution in [2.45, 2.75) is 44.9 Å². The number of nitrogens with zero attached hydrogens (tertiary/aromatic N) is 2. The van der Waals surface area contributed by atoms with Gasteiger partial charge in [-0.15, -0.1) is 0 Å². The van der Waals surface area contributed by atoms with E-state index in [1.807, 2.05) is 30.4 Å². The number of fused-ring (bicyclic) bond motifs is 2. The van der Waals surface area contributed by atoms with Crippen LogP contribution in [-0.2, 0) is 14.3 Å². The molecule has 0 N–H and O–H groups in total. The zero-order valence-electron chi connectivity index (χ0n) is 17.5. The largest absolute Gasteiger partial charge is 0.456 e. The van der Waals surface area contributed by atoms with Crippen LogP contribution in [-0.4, -0.2) is 52.0 Å². The highest BCUT2D eigenvalue weighted by Crippen LogP contribution is 2.39. The van der Waals surface area contributed by atoms with Gasteiger partial charge in [-0.1, -0.05) is 34.1 Å². The number of carbonyl (C=O) groups excluding carboxylic acids is 3. The van der Waals surface area contributed by atoms with Crippen LogP contribution in [0.3, 0.4) is 0 Å². The highest BCUT2D eigenvalue weighted by Gasteiger charge is 2.50. The van der Waals surface area contributed by atoms with Gasteiger partial charge < -0.3 is 9.47 Å². The molecule has 8 heteroatoms. The van der Waals surface area contributed by atoms with Crippen molar-refractivity contribution in [3.8, 4) is 0 Å². The summed E-state index contributed by atoms with van der Waals surface area (Å²) < 4.78 is 11.7. The maximum atomic E-state index is 12.8. The zero-order valence-corrected chi connectivity index (χ0v) is 19.1. The number of amides is 1. The molecule has 0 radical (unpaired) electrons. The summed E-state index contributed by atoms with van der Waals surface area (Å²) in [4.78, 5) is 43.7. The summed E-state index contributed by atoms with van der Waals surface area (Å²) in [5.74, 6) is -0.913. The monoisotopic (exact) mass is 486 g/mol. The average molecular weight is 487 g/mol. The summed E-state index contributed by atoms with van der Waals surface area (Å²) in [6.07, 6.45) is 3.75. The minimum Gasteiger partial charge on any atom is -0.456 e. The molecule has 2 aromatic rings. The molecule has 1 aliphatic carbocycles. The third kappa shape index (κ3) is 4.49. The molecule has 3 unspecified atom stereocenters. The molecule has 2 aliphatic rings. The molecule has 0 spiro atoms. The predicted octanol–water partition coefficient (Wildman–Crippen LogP) is 4.29. The van der Waals surface area contributed by atoms with Crippen molar-refractivity contribution in [2.75, 3.05) is 6.61 Å². The molecule has 31 heavy (non-hydrogen) atoms. The summed E-state index contributed by atoms with van der Waals surface area (Å²) >= 11 is 3.40. The summed E-state index contributed by atoms with van der Waals surface area (Å²) in [6, 6.07) is 8.01. The summed E-state index contributed by atoms with van der Waals surface area (Å²) in [5.41, 5.74) is 0.222. The van der Waals surface area contributed by atoms with Gasteiger partial charge in [-0.05, 0) is 51.5 Å². The van der Waals surface area contributed by atoms with Gasteiger partial charge in [-0.25, -0.2) is 14.6 Å². The lowest BCUT2D eigenvalue weighted by Crippen LogP contribution is -2.48. The molecule has 7 nitrogen and oxygen atoms in total. The van der Waals surface area contributed by atoms with Gasteiger partial charge in [-0.3, -0.25) is 9.69 Å². The van der Waals surface area contributed by atoms with Gasteiger partial charge in [-0.2, -0.15) is 0 Å². The number of halogens is 1. The van der Waals surface area contributed by atoms with E-state index in [2.05, 4.69) is 20.9 Å². The Kier molecular flexibility index (Phi) is 5.60. The summed E-state index contributed by atoms with van der Waals surface area (Å²) in [5, 5.41) is 0.893. The van der Waals surface area contributed by atoms with E-state index in [0.717, 1.165) is 9.86 Å². The first-order chi connectivity index (χ1) is 14.6. The number of aromatic nitrogens is 1. The molecule has 3 atom stereocenters. The van der Waals surface area contributed by atoms with E-state index in [4.69, 9.17) is 9.47 Å². The number of Topliss-reactive ketones (excluding diaryl/α,β-unsaturated/α-hetero) is 1. The Morgan fingerprint density at radius 3 is 2.61 bits per heavy atom. The van der Waals surface area contributed by atoms with Crippen molar-refractivity contribution >= 4 is 44.7 Å². The molecule has 1 amide bonds. The van der Waals surface area contributed by atoms with Crippen molar-refractivity contribution in [3.05, 3.63) is 52.7 Å². The number of hydrogen-bond acceptors (Lipinski definition) is 6. The second-order valence-corrected chi connectivity index (χ2v) is 9.66. The molecule has 1 fully saturated rings. The van der Waals surface area contributed by atoms with Gasteiger partial charge in [0.15, 0.2) is 6.61 Å². The minimum absolute atomic E-state index is 0.0993. The fraction of sp³-hybridized carbons (Fsp3) is 0.391. The third-order valence-electron chi connectivity index (χ3n) is 5.31. The van der Waals surface area contributed by atoms with Crippen molar-refractivity contribution < 1.29 is 23.9 Å². The van der Waals surface area contributed by atoms with Gasteiger partial charge in [0.05, 0.1) is 11.6 Å². The first-order valence-electron chi connectivity index (χ1n) is 10.1. The van der Waals surface area contributed by atoms with Crippen molar-refractivity contribution in [2.24, 2.45) is 5.92 Å². The Hall–Kier alpha value is -2.74. The summed E-state index contributed by atoms with van der Waals surface area (Å²) in [7, 11) is 0. The molecule has 162 valence electrons. The van der Waals surface area contributed by atoms with Gasteiger partial charge >= 0.3 is 12.1 Å². The Morgan fingerprint density at radius 1 is 1.16 bits per heavy atom. The van der Waals surface area contributed by atoms with Crippen molar-refractivity contribution in [1.29, 1.82) is 0 Å². The number of pyridine rings is 1. The molecule has 2 heterocycles. The van der Waals surface area contributed by atoms with Crippen LogP contribution < -0.4 is 0 Å². The Labute approximate surface area is 188 Å². The Balaban J connectivity index is 1.42. The predicted molar refractivity (Wildman–Crippen MR) is 118 cm³/mol. The van der Waals surface area contributed by atoms with E-state index in [0.29, 0.717) is 11.9 Å². The van der Waals surface area contributed by atoms with E-state index < -0.39 is 36.1 Å². The van der Waals surface area contributed by atoms with Crippen molar-refractivity contribution in [3.63, 3.8) is 0 Å². The van der Waals surface area contributed by atoms with Gasteiger partial charge in [0.25, 0.3) is 0 Å². The Bertz CT molecular complexity index is 1090. The normalized spacial score (nSPS) is 22.1. The number of esters is 1. The third-order valence-corrected chi connectivity index (χ3v) is 5.80. The highest BCUT2D eigenvalue weighted by atomic mass is 79.9. The maximum Gasteiger partial charge on any atom is 0.411 e. The molecule has 1 saturated heterocycles. The van der Waals surface area contributed by atoms with Crippen LogP contribution in [0.4, 0.5) is 4.79 Å². The standard InChI is InChI=1S/C23H23BrN2O5/c1-23(2,3)31-22(29)26-18-9-5-14(18)11-19(26)21(28)30-12-20(27)17-7-4-13-10-15(24)6-8-16(13)25-17/h4-10,14,18-19H,11-12H2,1-3H3. The van der Waals surface area contributed by atoms with Gasteiger partial charge in [0, 0.05) is 15.8 Å². The maximum absolute atomic E-state index is 12.8. The van der Waals surface area contributed by atoms with Crippen molar-refractivity contribution in [1.82, 2.24) is 9.88 Å². The number of ketones is 1. The zero-order chi connectivity index (χ0) is 22.3. The molecular weight excluding hydrogens is 464 g/mol. The quantitative estimate of drug-likeness (QED) is 0.364. The minimum atomic E-state index is -0.783. The van der Waals surface area contributed by atoms with Gasteiger partial charge in [0.1, 0.15) is 17.3 Å². The average Bonchev–Trinajstić information content (AvgIpc) is 2.94. The van der Waals surface area contributed by atoms with Crippen LogP contribution in [0.15, 0.2) is 47.0 Å². The molecular formula is C23H23BrN2O5. The molecule has 4 rings (SSSR count). The highest BCUT2D eigenvalue weighted by molar-refractivity contribution is 9.10. The fourth-order valence-electron chi connectivity index (χ4n) is 3.80. The topological polar surface area (TPSA) is 85.8 Å². The lowest BCUT2D eigenvalue weighted by molar-refractivity contribution is -0.147. The number of benzene rings is 1. The smallest absolute Gasteiger partial charge is 0.411 e. The molecule has 1 aromatic carbocycles. The van der Waals surface area contributed by atoms with E-state index in [-0.39, 0.29) is 17.7 Å². The number of carbonyl (C=O) groups is 3. The second-order valence-electron chi connectivity index (χ2n) is 8.74. The van der Waals surface area contributed by atoms with E-state index in [9.17, 15) is 14.4 Å². The summed E-state index contributed by atoms with van der Waals surface area (Å²) in [6.45, 7) is 4.89. The van der Waals surface area contributed by atoms with Crippen LogP contribution in [0.2, 0.25) is 0 Å². The lowest BCUT2D eigenvalue weighted by Gasteiger charge is -2.33. The van der Waals surface area contributed by atoms with Crippen LogP contribution in [0.5, 0.6) is 0 Å². The molecule has 0 bridgehead atoms. The molecule has 1 aliphatic heterocycles. The van der Waals surface area contributed by atoms with E-state index in [1.165, 1.54) is 4.90 Å². The number of ether oxygens (including phenoxy) is 2. The number of rotatable bonds is 4. The van der Waals surface area contributed by atoms with E-state index in [1.54, 1.807) is 32.9 Å². The van der Waals surface area contributed by atoms with Crippen LogP contribution in [0, 0.1) is 5.92 Å². The van der Waals surface area contributed by atoms with Gasteiger partial charge in [0.2, 0.25) is 5.78 Å². The molecule has 0 saturated carbocycles. The number of likely N-dealkylation sites (tertiary alicyclic amines) is 1.